The quantitative estimate of drug-likeness (QED) is 0.168. The van der Waals surface area contributed by atoms with Gasteiger partial charge in [0.05, 0.1) is 4.88 Å². The van der Waals surface area contributed by atoms with E-state index in [0.29, 0.717) is 10.7 Å². The zero-order valence-electron chi connectivity index (χ0n) is 25.5. The fourth-order valence-electron chi connectivity index (χ4n) is 4.95. The number of carbonyl (C=O) groups excluding carboxylic acids is 1. The van der Waals surface area contributed by atoms with Gasteiger partial charge in [0, 0.05) is 34.8 Å². The molecular formula is C37H37N3O3S. The highest BCUT2D eigenvalue weighted by atomic mass is 32.1. The molecule has 3 aromatic carbocycles. The summed E-state index contributed by atoms with van der Waals surface area (Å²) in [6.07, 6.45) is 6.04. The van der Waals surface area contributed by atoms with Crippen LogP contribution in [0.5, 0.6) is 0 Å². The molecule has 0 aliphatic rings. The Morgan fingerprint density at radius 2 is 1.27 bits per heavy atom. The lowest BCUT2D eigenvalue weighted by Crippen LogP contribution is -2.42. The van der Waals surface area contributed by atoms with Crippen molar-refractivity contribution in [3.8, 4) is 33.6 Å². The summed E-state index contributed by atoms with van der Waals surface area (Å²) in [4.78, 5) is 35.5. The Balaban J connectivity index is 1.21. The fourth-order valence-corrected chi connectivity index (χ4v) is 5.92. The largest absolute Gasteiger partial charge is 0.480 e. The molecule has 2 aromatic heterocycles. The highest BCUT2D eigenvalue weighted by Crippen LogP contribution is 2.30. The average Bonchev–Trinajstić information content (AvgIpc) is 3.54. The summed E-state index contributed by atoms with van der Waals surface area (Å²) >= 11 is 1.39. The molecule has 0 aliphatic carbocycles. The second kappa shape index (κ2) is 13.3. The summed E-state index contributed by atoms with van der Waals surface area (Å²) in [7, 11) is 0. The molecule has 0 fully saturated rings. The van der Waals surface area contributed by atoms with Crippen LogP contribution in [-0.2, 0) is 23.1 Å². The van der Waals surface area contributed by atoms with Crippen LogP contribution in [0, 0.1) is 0 Å². The molecule has 2 heterocycles. The summed E-state index contributed by atoms with van der Waals surface area (Å²) in [6, 6.07) is 27.2. The van der Waals surface area contributed by atoms with Crippen LogP contribution in [0.15, 0.2) is 97.3 Å². The molecule has 5 aromatic rings. The van der Waals surface area contributed by atoms with E-state index in [2.05, 4.69) is 91.5 Å². The number of hydrogen-bond donors (Lipinski definition) is 2. The molecule has 1 amide bonds. The SMILES string of the molecule is CCCc1ccc(-c2ccc(-c3cnc(-c4ccc(C[C@H](NC(=O)c5ccc(C(C)(C)C)s5)C(=O)O)cc4)nc3)cc2)cc1. The molecule has 0 saturated carbocycles. The maximum atomic E-state index is 12.8. The van der Waals surface area contributed by atoms with Gasteiger partial charge in [-0.05, 0) is 51.8 Å². The predicted molar refractivity (Wildman–Crippen MR) is 178 cm³/mol. The van der Waals surface area contributed by atoms with Crippen molar-refractivity contribution in [1.82, 2.24) is 15.3 Å². The second-order valence-corrected chi connectivity index (χ2v) is 13.1. The molecule has 0 aliphatic heterocycles. The maximum Gasteiger partial charge on any atom is 0.326 e. The standard InChI is InChI=1S/C37H37N3O3S/c1-5-6-24-7-11-26(12-8-24)27-15-17-28(18-16-27)30-22-38-34(39-23-30)29-13-9-25(10-14-29)21-31(36(42)43)40-35(41)32-19-20-33(44-32)37(2,3)4/h7-20,22-23,31H,5-6,21H2,1-4H3,(H,40,41)(H,42,43)/t31-/m0/s1. The second-order valence-electron chi connectivity index (χ2n) is 12.0. The minimum absolute atomic E-state index is 0.0753. The summed E-state index contributed by atoms with van der Waals surface area (Å²) in [5.74, 6) is -0.870. The number of amides is 1. The summed E-state index contributed by atoms with van der Waals surface area (Å²) < 4.78 is 0. The molecule has 0 bridgehead atoms. The molecule has 6 nitrogen and oxygen atoms in total. The Morgan fingerprint density at radius 3 is 1.80 bits per heavy atom. The van der Waals surface area contributed by atoms with E-state index >= 15 is 0 Å². The van der Waals surface area contributed by atoms with Crippen molar-refractivity contribution in [1.29, 1.82) is 0 Å². The van der Waals surface area contributed by atoms with Gasteiger partial charge in [-0.3, -0.25) is 4.79 Å². The summed E-state index contributed by atoms with van der Waals surface area (Å²) in [5.41, 5.74) is 7.23. The number of aliphatic carboxylic acids is 1. The number of carboxylic acids is 1. The summed E-state index contributed by atoms with van der Waals surface area (Å²) in [6.45, 7) is 8.43. The minimum Gasteiger partial charge on any atom is -0.480 e. The van der Waals surface area contributed by atoms with Gasteiger partial charge in [-0.25, -0.2) is 14.8 Å². The van der Waals surface area contributed by atoms with E-state index in [-0.39, 0.29) is 17.7 Å². The molecule has 0 radical (unpaired) electrons. The van der Waals surface area contributed by atoms with Crippen LogP contribution >= 0.6 is 11.3 Å². The van der Waals surface area contributed by atoms with Crippen LogP contribution in [0.2, 0.25) is 0 Å². The van der Waals surface area contributed by atoms with E-state index in [1.807, 2.05) is 42.7 Å². The number of aromatic nitrogens is 2. The lowest BCUT2D eigenvalue weighted by atomic mass is 9.95. The number of aryl methyl sites for hydroxylation is 1. The number of hydrogen-bond acceptors (Lipinski definition) is 5. The molecule has 7 heteroatoms. The zero-order chi connectivity index (χ0) is 31.3. The van der Waals surface area contributed by atoms with Crippen molar-refractivity contribution < 1.29 is 14.7 Å². The Bertz CT molecular complexity index is 1720. The van der Waals surface area contributed by atoms with E-state index in [9.17, 15) is 14.7 Å². The van der Waals surface area contributed by atoms with Crippen molar-refractivity contribution in [2.75, 3.05) is 0 Å². The molecule has 1 atom stereocenters. The van der Waals surface area contributed by atoms with E-state index in [1.165, 1.54) is 28.0 Å². The van der Waals surface area contributed by atoms with E-state index < -0.39 is 12.0 Å². The first-order valence-corrected chi connectivity index (χ1v) is 15.7. The topological polar surface area (TPSA) is 92.2 Å². The van der Waals surface area contributed by atoms with Crippen molar-refractivity contribution in [2.45, 2.75) is 58.4 Å². The van der Waals surface area contributed by atoms with Gasteiger partial charge >= 0.3 is 5.97 Å². The van der Waals surface area contributed by atoms with Gasteiger partial charge in [-0.2, -0.15) is 0 Å². The van der Waals surface area contributed by atoms with Crippen molar-refractivity contribution in [2.24, 2.45) is 0 Å². The molecule has 2 N–H and O–H groups in total. The maximum absolute atomic E-state index is 12.8. The highest BCUT2D eigenvalue weighted by molar-refractivity contribution is 7.14. The number of nitrogens with one attached hydrogen (secondary N) is 1. The third-order valence-corrected chi connectivity index (χ3v) is 9.03. The van der Waals surface area contributed by atoms with Crippen LogP contribution in [0.3, 0.4) is 0 Å². The highest BCUT2D eigenvalue weighted by Gasteiger charge is 2.24. The van der Waals surface area contributed by atoms with Gasteiger partial charge in [0.2, 0.25) is 0 Å². The van der Waals surface area contributed by atoms with E-state index in [4.69, 9.17) is 0 Å². The first-order valence-electron chi connectivity index (χ1n) is 14.9. The molecular weight excluding hydrogens is 566 g/mol. The summed E-state index contributed by atoms with van der Waals surface area (Å²) in [5, 5.41) is 12.5. The van der Waals surface area contributed by atoms with E-state index in [1.54, 1.807) is 6.07 Å². The van der Waals surface area contributed by atoms with Gasteiger partial charge in [0.25, 0.3) is 5.91 Å². The van der Waals surface area contributed by atoms with Gasteiger partial charge in [0.1, 0.15) is 6.04 Å². The van der Waals surface area contributed by atoms with Crippen LogP contribution in [0.25, 0.3) is 33.6 Å². The van der Waals surface area contributed by atoms with Crippen LogP contribution < -0.4 is 5.32 Å². The Kier molecular flexibility index (Phi) is 9.35. The van der Waals surface area contributed by atoms with Crippen LogP contribution in [-0.4, -0.2) is 33.0 Å². The van der Waals surface area contributed by atoms with Gasteiger partial charge in [0.15, 0.2) is 5.82 Å². The Labute approximate surface area is 262 Å². The molecule has 0 saturated heterocycles. The van der Waals surface area contributed by atoms with Crippen molar-refractivity contribution in [3.05, 3.63) is 118 Å². The molecule has 0 unspecified atom stereocenters. The van der Waals surface area contributed by atoms with Gasteiger partial charge < -0.3 is 10.4 Å². The normalized spacial score (nSPS) is 12.1. The fraction of sp³-hybridized carbons (Fsp3) is 0.243. The number of thiophene rings is 1. The number of carboxylic acid groups (broad SMARTS) is 1. The predicted octanol–water partition coefficient (Wildman–Crippen LogP) is 8.21. The lowest BCUT2D eigenvalue weighted by Gasteiger charge is -2.16. The van der Waals surface area contributed by atoms with Gasteiger partial charge in [-0.15, -0.1) is 11.3 Å². The number of rotatable bonds is 10. The number of benzene rings is 3. The van der Waals surface area contributed by atoms with E-state index in [0.717, 1.165) is 40.0 Å². The molecule has 0 spiro atoms. The molecule has 224 valence electrons. The lowest BCUT2D eigenvalue weighted by molar-refractivity contribution is -0.139. The third kappa shape index (κ3) is 7.47. The van der Waals surface area contributed by atoms with Crippen molar-refractivity contribution >= 4 is 23.2 Å². The number of carbonyl (C=O) groups is 2. The van der Waals surface area contributed by atoms with Crippen LogP contribution in [0.1, 0.15) is 59.8 Å². The van der Waals surface area contributed by atoms with Crippen LogP contribution in [0.4, 0.5) is 0 Å². The van der Waals surface area contributed by atoms with Gasteiger partial charge in [-0.1, -0.05) is 107 Å². The smallest absolute Gasteiger partial charge is 0.326 e. The molecule has 5 rings (SSSR count). The Morgan fingerprint density at radius 1 is 0.750 bits per heavy atom. The van der Waals surface area contributed by atoms with Crippen molar-refractivity contribution in [3.63, 3.8) is 0 Å². The first-order chi connectivity index (χ1) is 21.1. The molecule has 44 heavy (non-hydrogen) atoms. The first kappa shape index (κ1) is 30.8. The Hall–Kier alpha value is -4.62. The third-order valence-electron chi connectivity index (χ3n) is 7.52. The zero-order valence-corrected chi connectivity index (χ0v) is 26.3. The monoisotopic (exact) mass is 603 g/mol. The minimum atomic E-state index is -1.08. The average molecular weight is 604 g/mol. The number of nitrogens with zero attached hydrogens (tertiary/aromatic N) is 2.